The van der Waals surface area contributed by atoms with Crippen molar-refractivity contribution >= 4 is 0 Å². The van der Waals surface area contributed by atoms with E-state index in [2.05, 4.69) is 6.92 Å². The second-order valence-electron chi connectivity index (χ2n) is 3.38. The third kappa shape index (κ3) is 2.46. The summed E-state index contributed by atoms with van der Waals surface area (Å²) in [4.78, 5) is 0. The largest absolute Gasteiger partial charge is 0.391 e. The molecule has 0 radical (unpaired) electrons. The normalized spacial score (nSPS) is 35.2. The molecule has 0 aromatic carbocycles. The van der Waals surface area contributed by atoms with Gasteiger partial charge in [-0.05, 0) is 32.6 Å². The standard InChI is InChI=1S/C9H18O2/c1-3-8-5-4-6-9(11-8)7(2)10/h7-10H,3-6H2,1-2H3/t7-,8-,9+/m0/s1. The van der Waals surface area contributed by atoms with Crippen LogP contribution in [0, 0.1) is 0 Å². The molecule has 1 saturated heterocycles. The van der Waals surface area contributed by atoms with Crippen LogP contribution in [0.15, 0.2) is 0 Å². The van der Waals surface area contributed by atoms with E-state index in [9.17, 15) is 5.11 Å². The zero-order chi connectivity index (χ0) is 8.27. The summed E-state index contributed by atoms with van der Waals surface area (Å²) in [6.07, 6.45) is 4.65. The maximum absolute atomic E-state index is 9.27. The number of aliphatic hydroxyl groups is 1. The maximum Gasteiger partial charge on any atom is 0.0834 e. The molecule has 1 N–H and O–H groups in total. The molecule has 0 aromatic heterocycles. The smallest absolute Gasteiger partial charge is 0.0834 e. The molecule has 0 unspecified atom stereocenters. The molecule has 0 aromatic rings. The Balaban J connectivity index is 2.33. The van der Waals surface area contributed by atoms with Crippen LogP contribution in [0.2, 0.25) is 0 Å². The average molecular weight is 158 g/mol. The molecule has 0 saturated carbocycles. The SMILES string of the molecule is CC[C@H]1CCC[C@H]([C@H](C)O)O1. The first-order chi connectivity index (χ1) is 5.24. The summed E-state index contributed by atoms with van der Waals surface area (Å²) >= 11 is 0. The van der Waals surface area contributed by atoms with Crippen molar-refractivity contribution in [2.75, 3.05) is 0 Å². The Labute approximate surface area is 68.6 Å². The predicted molar refractivity (Wildman–Crippen MR) is 44.5 cm³/mol. The topological polar surface area (TPSA) is 29.5 Å². The van der Waals surface area contributed by atoms with Gasteiger partial charge in [-0.2, -0.15) is 0 Å². The van der Waals surface area contributed by atoms with E-state index in [-0.39, 0.29) is 12.2 Å². The van der Waals surface area contributed by atoms with E-state index in [1.165, 1.54) is 12.8 Å². The van der Waals surface area contributed by atoms with Gasteiger partial charge in [-0.15, -0.1) is 0 Å². The number of aliphatic hydroxyl groups excluding tert-OH is 1. The zero-order valence-corrected chi connectivity index (χ0v) is 7.42. The highest BCUT2D eigenvalue weighted by molar-refractivity contribution is 4.73. The molecule has 0 aliphatic carbocycles. The van der Waals surface area contributed by atoms with Crippen molar-refractivity contribution in [2.45, 2.75) is 57.8 Å². The van der Waals surface area contributed by atoms with E-state index < -0.39 is 0 Å². The summed E-state index contributed by atoms with van der Waals surface area (Å²) in [6, 6.07) is 0. The van der Waals surface area contributed by atoms with Crippen molar-refractivity contribution in [1.29, 1.82) is 0 Å². The molecule has 1 fully saturated rings. The van der Waals surface area contributed by atoms with E-state index in [4.69, 9.17) is 4.74 Å². The van der Waals surface area contributed by atoms with Gasteiger partial charge < -0.3 is 9.84 Å². The van der Waals surface area contributed by atoms with Crippen molar-refractivity contribution in [2.24, 2.45) is 0 Å². The highest BCUT2D eigenvalue weighted by Crippen LogP contribution is 2.22. The van der Waals surface area contributed by atoms with Crippen molar-refractivity contribution in [3.05, 3.63) is 0 Å². The number of rotatable bonds is 2. The molecule has 1 rings (SSSR count). The van der Waals surface area contributed by atoms with Crippen molar-refractivity contribution < 1.29 is 9.84 Å². The van der Waals surface area contributed by atoms with Crippen molar-refractivity contribution in [3.8, 4) is 0 Å². The molecule has 1 aliphatic rings. The highest BCUT2D eigenvalue weighted by Gasteiger charge is 2.24. The van der Waals surface area contributed by atoms with Gasteiger partial charge in [0, 0.05) is 0 Å². The minimum atomic E-state index is -0.302. The van der Waals surface area contributed by atoms with Gasteiger partial charge in [0.25, 0.3) is 0 Å². The van der Waals surface area contributed by atoms with E-state index in [1.807, 2.05) is 6.92 Å². The van der Waals surface area contributed by atoms with Crippen LogP contribution < -0.4 is 0 Å². The van der Waals surface area contributed by atoms with Crippen molar-refractivity contribution in [1.82, 2.24) is 0 Å². The lowest BCUT2D eigenvalue weighted by molar-refractivity contribution is -0.100. The quantitative estimate of drug-likeness (QED) is 0.663. The van der Waals surface area contributed by atoms with Crippen LogP contribution in [0.5, 0.6) is 0 Å². The van der Waals surface area contributed by atoms with Gasteiger partial charge in [0.05, 0.1) is 18.3 Å². The number of ether oxygens (including phenoxy) is 1. The highest BCUT2D eigenvalue weighted by atomic mass is 16.5. The minimum absolute atomic E-state index is 0.0914. The summed E-state index contributed by atoms with van der Waals surface area (Å²) < 4.78 is 5.65. The summed E-state index contributed by atoms with van der Waals surface area (Å²) in [5.74, 6) is 0. The first-order valence-electron chi connectivity index (χ1n) is 4.57. The van der Waals surface area contributed by atoms with Gasteiger partial charge in [-0.3, -0.25) is 0 Å². The van der Waals surface area contributed by atoms with E-state index in [1.54, 1.807) is 0 Å². The van der Waals surface area contributed by atoms with Gasteiger partial charge in [0.1, 0.15) is 0 Å². The van der Waals surface area contributed by atoms with Crippen LogP contribution >= 0.6 is 0 Å². The first kappa shape index (κ1) is 9.01. The van der Waals surface area contributed by atoms with Gasteiger partial charge in [0.2, 0.25) is 0 Å². The lowest BCUT2D eigenvalue weighted by Gasteiger charge is -2.31. The van der Waals surface area contributed by atoms with Gasteiger partial charge >= 0.3 is 0 Å². The van der Waals surface area contributed by atoms with Gasteiger partial charge in [0.15, 0.2) is 0 Å². The molecule has 2 heteroatoms. The fourth-order valence-corrected chi connectivity index (χ4v) is 1.59. The van der Waals surface area contributed by atoms with E-state index >= 15 is 0 Å². The minimum Gasteiger partial charge on any atom is -0.391 e. The van der Waals surface area contributed by atoms with E-state index in [0.29, 0.717) is 6.10 Å². The van der Waals surface area contributed by atoms with Crippen LogP contribution in [-0.4, -0.2) is 23.4 Å². The Morgan fingerprint density at radius 2 is 2.27 bits per heavy atom. The third-order valence-electron chi connectivity index (χ3n) is 2.38. The summed E-state index contributed by atoms with van der Waals surface area (Å²) in [5.41, 5.74) is 0. The number of hydrogen-bond acceptors (Lipinski definition) is 2. The number of hydrogen-bond donors (Lipinski definition) is 1. The van der Waals surface area contributed by atoms with Crippen LogP contribution in [-0.2, 0) is 4.74 Å². The molecule has 1 aliphatic heterocycles. The Hall–Kier alpha value is -0.0800. The van der Waals surface area contributed by atoms with Crippen LogP contribution in [0.4, 0.5) is 0 Å². The van der Waals surface area contributed by atoms with Gasteiger partial charge in [-0.25, -0.2) is 0 Å². The zero-order valence-electron chi connectivity index (χ0n) is 7.42. The first-order valence-corrected chi connectivity index (χ1v) is 4.57. The molecule has 0 spiro atoms. The second kappa shape index (κ2) is 4.07. The maximum atomic E-state index is 9.27. The molecule has 3 atom stereocenters. The fourth-order valence-electron chi connectivity index (χ4n) is 1.59. The van der Waals surface area contributed by atoms with E-state index in [0.717, 1.165) is 12.8 Å². The summed E-state index contributed by atoms with van der Waals surface area (Å²) in [7, 11) is 0. The van der Waals surface area contributed by atoms with Crippen LogP contribution in [0.3, 0.4) is 0 Å². The summed E-state index contributed by atoms with van der Waals surface area (Å²) in [6.45, 7) is 3.94. The summed E-state index contributed by atoms with van der Waals surface area (Å²) in [5, 5.41) is 9.27. The van der Waals surface area contributed by atoms with Crippen LogP contribution in [0.25, 0.3) is 0 Å². The lowest BCUT2D eigenvalue weighted by Crippen LogP contribution is -2.34. The Bertz CT molecular complexity index is 112. The van der Waals surface area contributed by atoms with Crippen LogP contribution in [0.1, 0.15) is 39.5 Å². The molecule has 66 valence electrons. The third-order valence-corrected chi connectivity index (χ3v) is 2.38. The molecule has 1 heterocycles. The Kier molecular flexibility index (Phi) is 3.34. The average Bonchev–Trinajstić information content (AvgIpc) is 2.05. The molecule has 2 nitrogen and oxygen atoms in total. The monoisotopic (exact) mass is 158 g/mol. The van der Waals surface area contributed by atoms with Crippen molar-refractivity contribution in [3.63, 3.8) is 0 Å². The van der Waals surface area contributed by atoms with Gasteiger partial charge in [-0.1, -0.05) is 6.92 Å². The molecular weight excluding hydrogens is 140 g/mol. The predicted octanol–water partition coefficient (Wildman–Crippen LogP) is 1.71. The fraction of sp³-hybridized carbons (Fsp3) is 1.00. The Morgan fingerprint density at radius 3 is 2.82 bits per heavy atom. The lowest BCUT2D eigenvalue weighted by atomic mass is 10.00. The molecule has 11 heavy (non-hydrogen) atoms. The second-order valence-corrected chi connectivity index (χ2v) is 3.38. The molecule has 0 amide bonds. The molecular formula is C9H18O2. The molecule has 0 bridgehead atoms. The Morgan fingerprint density at radius 1 is 1.55 bits per heavy atom.